The molecule has 88 valence electrons. The summed E-state index contributed by atoms with van der Waals surface area (Å²) in [5.41, 5.74) is 6.02. The van der Waals surface area contributed by atoms with E-state index in [1.807, 2.05) is 0 Å². The van der Waals surface area contributed by atoms with Crippen LogP contribution >= 0.6 is 0 Å². The molecule has 0 bridgehead atoms. The molecule has 0 aromatic carbocycles. The summed E-state index contributed by atoms with van der Waals surface area (Å²) in [4.78, 5) is 0. The molecule has 0 aromatic heterocycles. The van der Waals surface area contributed by atoms with E-state index in [9.17, 15) is 5.11 Å². The lowest BCUT2D eigenvalue weighted by Gasteiger charge is -2.42. The lowest BCUT2D eigenvalue weighted by atomic mass is 9.66. The molecule has 0 spiro atoms. The first kappa shape index (κ1) is 11.4. The third kappa shape index (κ3) is 2.21. The molecule has 0 radical (unpaired) electrons. The fourth-order valence-electron chi connectivity index (χ4n) is 3.65. The molecule has 3 N–H and O–H groups in total. The van der Waals surface area contributed by atoms with Crippen LogP contribution in [0.1, 0.15) is 57.8 Å². The molecule has 2 nitrogen and oxygen atoms in total. The summed E-state index contributed by atoms with van der Waals surface area (Å²) in [6.07, 6.45) is 11.1. The van der Waals surface area contributed by atoms with Gasteiger partial charge in [-0.3, -0.25) is 0 Å². The highest BCUT2D eigenvalue weighted by Gasteiger charge is 2.42. The van der Waals surface area contributed by atoms with Gasteiger partial charge >= 0.3 is 0 Å². The average Bonchev–Trinajstić information content (AvgIpc) is 2.82. The van der Waals surface area contributed by atoms with Gasteiger partial charge < -0.3 is 10.8 Å². The lowest BCUT2D eigenvalue weighted by molar-refractivity contribution is -0.0350. The van der Waals surface area contributed by atoms with Crippen molar-refractivity contribution in [2.75, 3.05) is 6.54 Å². The van der Waals surface area contributed by atoms with E-state index < -0.39 is 0 Å². The minimum atomic E-state index is -0.120. The van der Waals surface area contributed by atoms with Crippen LogP contribution in [-0.2, 0) is 0 Å². The zero-order valence-corrected chi connectivity index (χ0v) is 9.75. The van der Waals surface area contributed by atoms with Crippen molar-refractivity contribution in [2.24, 2.45) is 17.1 Å². The minimum Gasteiger partial charge on any atom is -0.392 e. The minimum absolute atomic E-state index is 0.0766. The summed E-state index contributed by atoms with van der Waals surface area (Å²) in [6.45, 7) is 0.685. The summed E-state index contributed by atoms with van der Waals surface area (Å²) in [5.74, 6) is 0.548. The van der Waals surface area contributed by atoms with Crippen molar-refractivity contribution in [3.63, 3.8) is 0 Å². The van der Waals surface area contributed by atoms with E-state index in [-0.39, 0.29) is 11.5 Å². The van der Waals surface area contributed by atoms with E-state index in [0.29, 0.717) is 12.5 Å². The van der Waals surface area contributed by atoms with Crippen LogP contribution in [0.2, 0.25) is 0 Å². The van der Waals surface area contributed by atoms with Crippen LogP contribution in [0.25, 0.3) is 0 Å². The van der Waals surface area contributed by atoms with Crippen LogP contribution in [0.3, 0.4) is 0 Å². The molecular formula is C13H25NO. The van der Waals surface area contributed by atoms with Gasteiger partial charge in [-0.1, -0.05) is 32.1 Å². The maximum absolute atomic E-state index is 10.5. The molecule has 2 heteroatoms. The Morgan fingerprint density at radius 3 is 2.20 bits per heavy atom. The molecule has 2 aliphatic carbocycles. The van der Waals surface area contributed by atoms with Gasteiger partial charge in [-0.05, 0) is 31.6 Å². The Balaban J connectivity index is 2.02. The van der Waals surface area contributed by atoms with Gasteiger partial charge in [-0.15, -0.1) is 0 Å². The van der Waals surface area contributed by atoms with Crippen LogP contribution in [0.15, 0.2) is 0 Å². The second kappa shape index (κ2) is 4.84. The molecule has 0 aliphatic heterocycles. The molecule has 0 aromatic rings. The van der Waals surface area contributed by atoms with E-state index in [2.05, 4.69) is 0 Å². The summed E-state index contributed by atoms with van der Waals surface area (Å²) >= 11 is 0. The maximum atomic E-state index is 10.5. The van der Waals surface area contributed by atoms with Crippen LogP contribution in [-0.4, -0.2) is 17.8 Å². The Labute approximate surface area is 93.2 Å². The highest BCUT2D eigenvalue weighted by Crippen LogP contribution is 2.44. The van der Waals surface area contributed by atoms with Crippen molar-refractivity contribution in [3.8, 4) is 0 Å². The molecule has 0 saturated heterocycles. The van der Waals surface area contributed by atoms with Crippen molar-refractivity contribution in [1.29, 1.82) is 0 Å². The SMILES string of the molecule is NCC1(C(O)C2CCCC2)CCCCC1. The molecule has 15 heavy (non-hydrogen) atoms. The predicted octanol–water partition coefficient (Wildman–Crippen LogP) is 2.45. The number of aliphatic hydroxyl groups excluding tert-OH is 1. The van der Waals surface area contributed by atoms with Crippen molar-refractivity contribution >= 4 is 0 Å². The highest BCUT2D eigenvalue weighted by molar-refractivity contribution is 4.94. The standard InChI is InChI=1S/C13H25NO/c14-10-13(8-4-1-5-9-13)12(15)11-6-2-3-7-11/h11-12,15H,1-10,14H2. The van der Waals surface area contributed by atoms with Crippen molar-refractivity contribution in [1.82, 2.24) is 0 Å². The molecule has 2 fully saturated rings. The molecule has 2 saturated carbocycles. The Hall–Kier alpha value is -0.0800. The third-order valence-electron chi connectivity index (χ3n) is 4.73. The monoisotopic (exact) mass is 211 g/mol. The number of nitrogens with two attached hydrogens (primary N) is 1. The molecule has 1 atom stereocenters. The predicted molar refractivity (Wildman–Crippen MR) is 62.5 cm³/mol. The quantitative estimate of drug-likeness (QED) is 0.753. The van der Waals surface area contributed by atoms with Crippen LogP contribution in [0.5, 0.6) is 0 Å². The van der Waals surface area contributed by atoms with E-state index in [0.717, 1.165) is 12.8 Å². The fourth-order valence-corrected chi connectivity index (χ4v) is 3.65. The summed E-state index contributed by atoms with van der Waals surface area (Å²) in [6, 6.07) is 0. The summed E-state index contributed by atoms with van der Waals surface area (Å²) < 4.78 is 0. The largest absolute Gasteiger partial charge is 0.392 e. The Kier molecular flexibility index (Phi) is 3.68. The average molecular weight is 211 g/mol. The van der Waals surface area contributed by atoms with Gasteiger partial charge in [0, 0.05) is 12.0 Å². The summed E-state index contributed by atoms with van der Waals surface area (Å²) in [5, 5.41) is 10.5. The van der Waals surface area contributed by atoms with Crippen molar-refractivity contribution in [3.05, 3.63) is 0 Å². The van der Waals surface area contributed by atoms with Crippen LogP contribution in [0.4, 0.5) is 0 Å². The second-order valence-corrected chi connectivity index (χ2v) is 5.62. The Morgan fingerprint density at radius 1 is 1.07 bits per heavy atom. The lowest BCUT2D eigenvalue weighted by Crippen LogP contribution is -2.46. The first-order chi connectivity index (χ1) is 7.28. The number of hydrogen-bond acceptors (Lipinski definition) is 2. The van der Waals surface area contributed by atoms with E-state index in [4.69, 9.17) is 5.73 Å². The molecule has 2 aliphatic rings. The first-order valence-corrected chi connectivity index (χ1v) is 6.67. The highest BCUT2D eigenvalue weighted by atomic mass is 16.3. The summed E-state index contributed by atoms with van der Waals surface area (Å²) in [7, 11) is 0. The van der Waals surface area contributed by atoms with Crippen molar-refractivity contribution < 1.29 is 5.11 Å². The molecule has 2 rings (SSSR count). The number of aliphatic hydroxyl groups is 1. The Bertz CT molecular complexity index is 193. The van der Waals surface area contributed by atoms with E-state index in [1.165, 1.54) is 44.9 Å². The maximum Gasteiger partial charge on any atom is 0.0636 e. The van der Waals surface area contributed by atoms with E-state index in [1.54, 1.807) is 0 Å². The zero-order chi connectivity index (χ0) is 10.7. The topological polar surface area (TPSA) is 46.2 Å². The molecule has 0 amide bonds. The van der Waals surface area contributed by atoms with Crippen LogP contribution < -0.4 is 5.73 Å². The first-order valence-electron chi connectivity index (χ1n) is 6.67. The Morgan fingerprint density at radius 2 is 1.67 bits per heavy atom. The van der Waals surface area contributed by atoms with Gasteiger partial charge in [0.25, 0.3) is 0 Å². The van der Waals surface area contributed by atoms with Crippen LogP contribution in [0, 0.1) is 11.3 Å². The number of hydrogen-bond donors (Lipinski definition) is 2. The molecular weight excluding hydrogens is 186 g/mol. The zero-order valence-electron chi connectivity index (χ0n) is 9.75. The molecule has 1 unspecified atom stereocenters. The van der Waals surface area contributed by atoms with Gasteiger partial charge in [0.15, 0.2) is 0 Å². The molecule has 0 heterocycles. The van der Waals surface area contributed by atoms with Crippen molar-refractivity contribution in [2.45, 2.75) is 63.9 Å². The van der Waals surface area contributed by atoms with Gasteiger partial charge in [0.1, 0.15) is 0 Å². The smallest absolute Gasteiger partial charge is 0.0636 e. The van der Waals surface area contributed by atoms with Gasteiger partial charge in [-0.2, -0.15) is 0 Å². The van der Waals surface area contributed by atoms with E-state index >= 15 is 0 Å². The number of rotatable bonds is 3. The fraction of sp³-hybridized carbons (Fsp3) is 1.00. The van der Waals surface area contributed by atoms with Gasteiger partial charge in [-0.25, -0.2) is 0 Å². The normalized spacial score (nSPS) is 29.2. The third-order valence-corrected chi connectivity index (χ3v) is 4.73. The van der Waals surface area contributed by atoms with Gasteiger partial charge in [0.05, 0.1) is 6.10 Å². The second-order valence-electron chi connectivity index (χ2n) is 5.62. The van der Waals surface area contributed by atoms with Gasteiger partial charge in [0.2, 0.25) is 0 Å².